The predicted octanol–water partition coefficient (Wildman–Crippen LogP) is 3.91. The molecular formula is C21H20ClN5O2S. The first kappa shape index (κ1) is 19.3. The van der Waals surface area contributed by atoms with E-state index in [1.54, 1.807) is 34.4 Å². The summed E-state index contributed by atoms with van der Waals surface area (Å²) in [6.45, 7) is 0.272. The number of rotatable bonds is 4. The fourth-order valence-corrected chi connectivity index (χ4v) is 5.42. The van der Waals surface area contributed by atoms with Crippen LogP contribution in [-0.4, -0.2) is 25.0 Å². The van der Waals surface area contributed by atoms with Crippen molar-refractivity contribution in [3.05, 3.63) is 50.3 Å². The lowest BCUT2D eigenvalue weighted by molar-refractivity contribution is -0.116. The molecule has 0 atom stereocenters. The molecule has 30 heavy (non-hydrogen) atoms. The number of imidazole rings is 1. The van der Waals surface area contributed by atoms with Crippen LogP contribution in [0.2, 0.25) is 5.02 Å². The Hall–Kier alpha value is -2.71. The van der Waals surface area contributed by atoms with Gasteiger partial charge in [-0.15, -0.1) is 11.3 Å². The topological polar surface area (TPSA) is 81.8 Å². The summed E-state index contributed by atoms with van der Waals surface area (Å²) < 4.78 is 3.35. The number of amides is 1. The average Bonchev–Trinajstić information content (AvgIpc) is 3.25. The maximum atomic E-state index is 13.0. The van der Waals surface area contributed by atoms with Gasteiger partial charge in [-0.25, -0.2) is 9.97 Å². The summed E-state index contributed by atoms with van der Waals surface area (Å²) in [5.74, 6) is 0.240. The van der Waals surface area contributed by atoms with E-state index in [2.05, 4.69) is 15.3 Å². The largest absolute Gasteiger partial charge is 0.313 e. The summed E-state index contributed by atoms with van der Waals surface area (Å²) in [4.78, 5) is 36.5. The molecule has 4 aromatic rings. The standard InChI is InChI=1S/C21H20ClN5O2S/c1-26-15-7-6-12(22)10-14(15)24-21(26)25-17(28)8-9-27-11-23-19-18(20(27)29)13-4-2-3-5-16(13)30-19/h6-7,10-11H,2-5,8-9H2,1H3,(H,24,25,28). The van der Waals surface area contributed by atoms with Crippen LogP contribution in [0.3, 0.4) is 0 Å². The molecule has 1 aromatic carbocycles. The number of aromatic nitrogens is 4. The Morgan fingerprint density at radius 3 is 3.00 bits per heavy atom. The number of benzene rings is 1. The molecule has 1 N–H and O–H groups in total. The predicted molar refractivity (Wildman–Crippen MR) is 119 cm³/mol. The maximum absolute atomic E-state index is 13.0. The third-order valence-corrected chi connectivity index (χ3v) is 7.05. The molecule has 0 saturated heterocycles. The SMILES string of the molecule is Cn1c(NC(=O)CCn2cnc3sc4c(c3c2=O)CCCC4)nc2cc(Cl)ccc21. The molecular weight excluding hydrogens is 422 g/mol. The van der Waals surface area contributed by atoms with E-state index in [0.29, 0.717) is 16.5 Å². The van der Waals surface area contributed by atoms with Gasteiger partial charge in [-0.3, -0.25) is 19.5 Å². The fourth-order valence-electron chi connectivity index (χ4n) is 4.03. The number of nitrogens with zero attached hydrogens (tertiary/aromatic N) is 4. The first-order valence-electron chi connectivity index (χ1n) is 9.93. The number of carbonyl (C=O) groups excluding carboxylic acids is 1. The van der Waals surface area contributed by atoms with E-state index >= 15 is 0 Å². The van der Waals surface area contributed by atoms with Crippen molar-refractivity contribution in [2.45, 2.75) is 38.6 Å². The molecule has 0 spiro atoms. The van der Waals surface area contributed by atoms with Gasteiger partial charge in [0.05, 0.1) is 22.7 Å². The first-order valence-corrected chi connectivity index (χ1v) is 11.1. The molecule has 1 aliphatic rings. The number of nitrogens with one attached hydrogen (secondary N) is 1. The number of fused-ring (bicyclic) bond motifs is 4. The van der Waals surface area contributed by atoms with E-state index in [4.69, 9.17) is 11.6 Å². The van der Waals surface area contributed by atoms with Crippen molar-refractivity contribution >= 4 is 56.0 Å². The molecule has 0 radical (unpaired) electrons. The van der Waals surface area contributed by atoms with Crippen molar-refractivity contribution in [1.29, 1.82) is 0 Å². The number of aryl methyl sites for hydroxylation is 4. The van der Waals surface area contributed by atoms with Crippen LogP contribution in [0.1, 0.15) is 29.7 Å². The summed E-state index contributed by atoms with van der Waals surface area (Å²) in [5, 5.41) is 4.16. The van der Waals surface area contributed by atoms with Gasteiger partial charge in [0.2, 0.25) is 11.9 Å². The van der Waals surface area contributed by atoms with E-state index < -0.39 is 0 Å². The molecule has 5 rings (SSSR count). The lowest BCUT2D eigenvalue weighted by Crippen LogP contribution is -2.24. The molecule has 9 heteroatoms. The lowest BCUT2D eigenvalue weighted by Gasteiger charge is -2.10. The highest BCUT2D eigenvalue weighted by Crippen LogP contribution is 2.33. The summed E-state index contributed by atoms with van der Waals surface area (Å²) >= 11 is 7.65. The smallest absolute Gasteiger partial charge is 0.262 e. The van der Waals surface area contributed by atoms with E-state index in [1.165, 1.54) is 15.9 Å². The van der Waals surface area contributed by atoms with Crippen LogP contribution in [0.15, 0.2) is 29.3 Å². The first-order chi connectivity index (χ1) is 14.5. The second kappa shape index (κ2) is 7.52. The highest BCUT2D eigenvalue weighted by Gasteiger charge is 2.20. The Morgan fingerprint density at radius 2 is 2.13 bits per heavy atom. The van der Waals surface area contributed by atoms with E-state index in [9.17, 15) is 9.59 Å². The molecule has 0 aliphatic heterocycles. The third kappa shape index (κ3) is 3.30. The highest BCUT2D eigenvalue weighted by atomic mass is 35.5. The summed E-state index contributed by atoms with van der Waals surface area (Å²) in [7, 11) is 1.83. The fraction of sp³-hybridized carbons (Fsp3) is 0.333. The lowest BCUT2D eigenvalue weighted by atomic mass is 9.97. The van der Waals surface area contributed by atoms with Gasteiger partial charge in [-0.1, -0.05) is 11.6 Å². The van der Waals surface area contributed by atoms with Crippen molar-refractivity contribution in [3.8, 4) is 0 Å². The maximum Gasteiger partial charge on any atom is 0.262 e. The van der Waals surface area contributed by atoms with Crippen molar-refractivity contribution < 1.29 is 4.79 Å². The minimum atomic E-state index is -0.209. The van der Waals surface area contributed by atoms with Gasteiger partial charge in [0.1, 0.15) is 4.83 Å². The van der Waals surface area contributed by atoms with Crippen LogP contribution in [-0.2, 0) is 31.2 Å². The van der Waals surface area contributed by atoms with E-state index in [-0.39, 0.29) is 24.4 Å². The molecule has 1 aliphatic carbocycles. The Balaban J connectivity index is 1.34. The molecule has 3 heterocycles. The third-order valence-electron chi connectivity index (χ3n) is 5.62. The van der Waals surface area contributed by atoms with Gasteiger partial charge in [0.15, 0.2) is 0 Å². The zero-order valence-electron chi connectivity index (χ0n) is 16.4. The summed E-state index contributed by atoms with van der Waals surface area (Å²) in [5.41, 5.74) is 2.71. The molecule has 0 saturated carbocycles. The van der Waals surface area contributed by atoms with Crippen LogP contribution in [0.25, 0.3) is 21.3 Å². The van der Waals surface area contributed by atoms with Crippen molar-refractivity contribution in [2.75, 3.05) is 5.32 Å². The number of hydrogen-bond acceptors (Lipinski definition) is 5. The summed E-state index contributed by atoms with van der Waals surface area (Å²) in [6.07, 6.45) is 5.96. The normalized spacial score (nSPS) is 13.7. The molecule has 154 valence electrons. The molecule has 1 amide bonds. The number of halogens is 1. The molecule has 0 fully saturated rings. The van der Waals surface area contributed by atoms with E-state index in [0.717, 1.165) is 40.6 Å². The Bertz CT molecular complexity index is 1350. The Kier molecular flexibility index (Phi) is 4.83. The zero-order chi connectivity index (χ0) is 20.8. The van der Waals surface area contributed by atoms with Crippen LogP contribution in [0.5, 0.6) is 0 Å². The van der Waals surface area contributed by atoms with Crippen LogP contribution in [0, 0.1) is 0 Å². The van der Waals surface area contributed by atoms with Crippen LogP contribution >= 0.6 is 22.9 Å². The van der Waals surface area contributed by atoms with Gasteiger partial charge in [-0.2, -0.15) is 0 Å². The minimum absolute atomic E-state index is 0.0513. The molecule has 3 aromatic heterocycles. The second-order valence-corrected chi connectivity index (χ2v) is 9.08. The minimum Gasteiger partial charge on any atom is -0.313 e. The molecule has 0 unspecified atom stereocenters. The second-order valence-electron chi connectivity index (χ2n) is 7.56. The Morgan fingerprint density at radius 1 is 1.30 bits per heavy atom. The monoisotopic (exact) mass is 441 g/mol. The van der Waals surface area contributed by atoms with Crippen LogP contribution < -0.4 is 10.9 Å². The zero-order valence-corrected chi connectivity index (χ0v) is 18.0. The average molecular weight is 442 g/mol. The van der Waals surface area contributed by atoms with Gasteiger partial charge < -0.3 is 4.57 Å². The molecule has 7 nitrogen and oxygen atoms in total. The number of anilines is 1. The van der Waals surface area contributed by atoms with Crippen molar-refractivity contribution in [1.82, 2.24) is 19.1 Å². The highest BCUT2D eigenvalue weighted by molar-refractivity contribution is 7.18. The molecule has 0 bridgehead atoms. The van der Waals surface area contributed by atoms with E-state index in [1.807, 2.05) is 13.1 Å². The number of hydrogen-bond donors (Lipinski definition) is 1. The van der Waals surface area contributed by atoms with Gasteiger partial charge >= 0.3 is 0 Å². The number of thiophene rings is 1. The Labute approximate surface area is 181 Å². The number of carbonyl (C=O) groups is 1. The van der Waals surface area contributed by atoms with Gasteiger partial charge in [0, 0.05) is 29.9 Å². The van der Waals surface area contributed by atoms with Crippen molar-refractivity contribution in [3.63, 3.8) is 0 Å². The summed E-state index contributed by atoms with van der Waals surface area (Å²) in [6, 6.07) is 5.41. The van der Waals surface area contributed by atoms with Gasteiger partial charge in [-0.05, 0) is 49.4 Å². The van der Waals surface area contributed by atoms with Gasteiger partial charge in [0.25, 0.3) is 5.56 Å². The quantitative estimate of drug-likeness (QED) is 0.520. The van der Waals surface area contributed by atoms with Crippen molar-refractivity contribution in [2.24, 2.45) is 7.05 Å². The van der Waals surface area contributed by atoms with Crippen LogP contribution in [0.4, 0.5) is 5.95 Å².